The molecule has 0 aliphatic rings. The van der Waals surface area contributed by atoms with Crippen molar-refractivity contribution in [3.8, 4) is 0 Å². The molecule has 1 aromatic carbocycles. The summed E-state index contributed by atoms with van der Waals surface area (Å²) in [4.78, 5) is 0. The Kier molecular flexibility index (Phi) is 4.47. The Bertz CT molecular complexity index is 366. The first-order valence-electron chi connectivity index (χ1n) is 5.24. The lowest BCUT2D eigenvalue weighted by Crippen LogP contribution is -2.39. The molecule has 0 amide bonds. The highest BCUT2D eigenvalue weighted by atomic mass is 79.9. The summed E-state index contributed by atoms with van der Waals surface area (Å²) in [6, 6.07) is 4.94. The fourth-order valence-corrected chi connectivity index (χ4v) is 1.76. The molecule has 0 heterocycles. The summed E-state index contributed by atoms with van der Waals surface area (Å²) in [5.41, 5.74) is -0.890. The average molecular weight is 290 g/mol. The maximum Gasteiger partial charge on any atom is 0.130 e. The van der Waals surface area contributed by atoms with Crippen LogP contribution in [0.1, 0.15) is 26.3 Å². The van der Waals surface area contributed by atoms with E-state index >= 15 is 0 Å². The molecule has 4 heteroatoms. The minimum atomic E-state index is -1.20. The van der Waals surface area contributed by atoms with Gasteiger partial charge in [0.25, 0.3) is 0 Å². The zero-order valence-electron chi connectivity index (χ0n) is 9.72. The summed E-state index contributed by atoms with van der Waals surface area (Å²) in [5.74, 6) is -0.398. The monoisotopic (exact) mass is 289 g/mol. The second-order valence-electron chi connectivity index (χ2n) is 4.43. The van der Waals surface area contributed by atoms with E-state index in [0.29, 0.717) is 16.6 Å². The smallest absolute Gasteiger partial charge is 0.130 e. The van der Waals surface area contributed by atoms with E-state index in [2.05, 4.69) is 21.2 Å². The van der Waals surface area contributed by atoms with Crippen LogP contribution in [0.2, 0.25) is 0 Å². The molecule has 1 atom stereocenters. The Labute approximate surface area is 104 Å². The molecule has 0 spiro atoms. The zero-order chi connectivity index (χ0) is 12.3. The molecule has 0 aliphatic carbocycles. The van der Waals surface area contributed by atoms with Crippen molar-refractivity contribution in [1.29, 1.82) is 0 Å². The van der Waals surface area contributed by atoms with Crippen molar-refractivity contribution in [2.75, 3.05) is 6.54 Å². The van der Waals surface area contributed by atoms with Gasteiger partial charge >= 0.3 is 0 Å². The van der Waals surface area contributed by atoms with Gasteiger partial charge in [0.2, 0.25) is 0 Å². The van der Waals surface area contributed by atoms with Crippen molar-refractivity contribution >= 4 is 15.9 Å². The van der Waals surface area contributed by atoms with Gasteiger partial charge in [0.05, 0.1) is 0 Å². The molecule has 90 valence electrons. The lowest BCUT2D eigenvalue weighted by molar-refractivity contribution is 0.0512. The molecule has 0 fully saturated rings. The molecule has 1 rings (SSSR count). The molecule has 2 N–H and O–H groups in total. The van der Waals surface area contributed by atoms with Crippen molar-refractivity contribution in [2.45, 2.75) is 32.4 Å². The van der Waals surface area contributed by atoms with E-state index in [1.807, 2.05) is 13.8 Å². The Morgan fingerprint density at radius 3 is 2.62 bits per heavy atom. The van der Waals surface area contributed by atoms with Crippen LogP contribution < -0.4 is 5.32 Å². The SMILES string of the molecule is CC(C)NCC(C)(O)c1ccc(Br)cc1F. The number of hydrogen-bond acceptors (Lipinski definition) is 2. The first-order chi connectivity index (χ1) is 7.33. The van der Waals surface area contributed by atoms with Crippen LogP contribution >= 0.6 is 15.9 Å². The van der Waals surface area contributed by atoms with Gasteiger partial charge in [-0.15, -0.1) is 0 Å². The number of halogens is 2. The molecule has 0 aliphatic heterocycles. The summed E-state index contributed by atoms with van der Waals surface area (Å²) >= 11 is 3.19. The second kappa shape index (κ2) is 5.25. The third kappa shape index (κ3) is 3.54. The molecule has 16 heavy (non-hydrogen) atoms. The molecule has 1 aromatic rings. The van der Waals surface area contributed by atoms with Crippen LogP contribution in [0, 0.1) is 5.82 Å². The molecule has 1 unspecified atom stereocenters. The van der Waals surface area contributed by atoms with Crippen LogP contribution in [0.4, 0.5) is 4.39 Å². The van der Waals surface area contributed by atoms with Gasteiger partial charge < -0.3 is 10.4 Å². The van der Waals surface area contributed by atoms with Crippen molar-refractivity contribution in [2.24, 2.45) is 0 Å². The quantitative estimate of drug-likeness (QED) is 0.893. The van der Waals surface area contributed by atoms with E-state index in [1.54, 1.807) is 19.1 Å². The third-order valence-corrected chi connectivity index (χ3v) is 2.86. The summed E-state index contributed by atoms with van der Waals surface area (Å²) in [5, 5.41) is 13.3. The van der Waals surface area contributed by atoms with Crippen LogP contribution in [0.25, 0.3) is 0 Å². The first-order valence-corrected chi connectivity index (χ1v) is 6.03. The lowest BCUT2D eigenvalue weighted by atomic mass is 9.95. The largest absolute Gasteiger partial charge is 0.384 e. The summed E-state index contributed by atoms with van der Waals surface area (Å²) in [6.07, 6.45) is 0. The Morgan fingerprint density at radius 2 is 2.12 bits per heavy atom. The van der Waals surface area contributed by atoms with Crippen molar-refractivity contribution in [1.82, 2.24) is 5.32 Å². The van der Waals surface area contributed by atoms with Gasteiger partial charge in [-0.05, 0) is 19.1 Å². The minimum Gasteiger partial charge on any atom is -0.384 e. The molecule has 2 nitrogen and oxygen atoms in total. The highest BCUT2D eigenvalue weighted by molar-refractivity contribution is 9.10. The highest BCUT2D eigenvalue weighted by Crippen LogP contribution is 2.25. The van der Waals surface area contributed by atoms with E-state index in [4.69, 9.17) is 0 Å². The maximum atomic E-state index is 13.7. The van der Waals surface area contributed by atoms with Crippen LogP contribution in [-0.2, 0) is 5.60 Å². The standard InChI is InChI=1S/C12H17BrFNO/c1-8(2)15-7-12(3,16)10-5-4-9(13)6-11(10)14/h4-6,8,15-16H,7H2,1-3H3. The van der Waals surface area contributed by atoms with Crippen LogP contribution in [0.15, 0.2) is 22.7 Å². The maximum absolute atomic E-state index is 13.7. The zero-order valence-corrected chi connectivity index (χ0v) is 11.3. The van der Waals surface area contributed by atoms with E-state index in [9.17, 15) is 9.50 Å². The number of benzene rings is 1. The van der Waals surface area contributed by atoms with Gasteiger partial charge in [-0.3, -0.25) is 0 Å². The molecule has 0 bridgehead atoms. The van der Waals surface area contributed by atoms with Gasteiger partial charge in [0.1, 0.15) is 11.4 Å². The Balaban J connectivity index is 2.88. The van der Waals surface area contributed by atoms with Crippen LogP contribution in [-0.4, -0.2) is 17.7 Å². The predicted octanol–water partition coefficient (Wildman–Crippen LogP) is 2.79. The van der Waals surface area contributed by atoms with Gasteiger partial charge in [-0.1, -0.05) is 35.8 Å². The van der Waals surface area contributed by atoms with Crippen molar-refractivity contribution < 1.29 is 9.50 Å². The number of rotatable bonds is 4. The number of nitrogens with one attached hydrogen (secondary N) is 1. The number of hydrogen-bond donors (Lipinski definition) is 2. The third-order valence-electron chi connectivity index (χ3n) is 2.37. The molecule has 0 saturated carbocycles. The van der Waals surface area contributed by atoms with Gasteiger partial charge in [0, 0.05) is 22.6 Å². The first kappa shape index (κ1) is 13.6. The molecule has 0 aromatic heterocycles. The summed E-state index contributed by atoms with van der Waals surface area (Å²) in [7, 11) is 0. The normalized spacial score (nSPS) is 15.2. The topological polar surface area (TPSA) is 32.3 Å². The average Bonchev–Trinajstić information content (AvgIpc) is 2.14. The summed E-state index contributed by atoms with van der Waals surface area (Å²) < 4.78 is 14.3. The molecule has 0 saturated heterocycles. The second-order valence-corrected chi connectivity index (χ2v) is 5.35. The molecule has 0 radical (unpaired) electrons. The highest BCUT2D eigenvalue weighted by Gasteiger charge is 2.26. The Hall–Kier alpha value is -0.450. The molecular formula is C12H17BrFNO. The van der Waals surface area contributed by atoms with Gasteiger partial charge in [0.15, 0.2) is 0 Å². The van der Waals surface area contributed by atoms with Crippen LogP contribution in [0.3, 0.4) is 0 Å². The predicted molar refractivity (Wildman–Crippen MR) is 66.8 cm³/mol. The van der Waals surface area contributed by atoms with Crippen molar-refractivity contribution in [3.05, 3.63) is 34.1 Å². The minimum absolute atomic E-state index is 0.255. The Morgan fingerprint density at radius 1 is 1.50 bits per heavy atom. The number of aliphatic hydroxyl groups is 1. The van der Waals surface area contributed by atoms with E-state index in [-0.39, 0.29) is 6.04 Å². The van der Waals surface area contributed by atoms with E-state index in [1.165, 1.54) is 6.07 Å². The van der Waals surface area contributed by atoms with Gasteiger partial charge in [-0.2, -0.15) is 0 Å². The van der Waals surface area contributed by atoms with E-state index in [0.717, 1.165) is 0 Å². The van der Waals surface area contributed by atoms with E-state index < -0.39 is 11.4 Å². The van der Waals surface area contributed by atoms with Gasteiger partial charge in [-0.25, -0.2) is 4.39 Å². The van der Waals surface area contributed by atoms with Crippen LogP contribution in [0.5, 0.6) is 0 Å². The van der Waals surface area contributed by atoms with Crippen molar-refractivity contribution in [3.63, 3.8) is 0 Å². The summed E-state index contributed by atoms with van der Waals surface area (Å²) in [6.45, 7) is 5.89. The fraction of sp³-hybridized carbons (Fsp3) is 0.500. The lowest BCUT2D eigenvalue weighted by Gasteiger charge is -2.26. The molecular weight excluding hydrogens is 273 g/mol. The fourth-order valence-electron chi connectivity index (χ4n) is 1.42.